The number of alkyl carbamates (subject to hydrolysis) is 1. The van der Waals surface area contributed by atoms with Crippen molar-refractivity contribution in [1.82, 2.24) is 10.2 Å². The first-order valence-electron chi connectivity index (χ1n) is 7.54. The molecule has 22 heavy (non-hydrogen) atoms. The molecule has 2 fully saturated rings. The maximum Gasteiger partial charge on any atom is 0.407 e. The Balaban J connectivity index is 1.42. The lowest BCUT2D eigenvalue weighted by molar-refractivity contribution is 0.115. The van der Waals surface area contributed by atoms with Crippen LogP contribution >= 0.6 is 0 Å². The summed E-state index contributed by atoms with van der Waals surface area (Å²) in [7, 11) is 0. The third-order valence-electron chi connectivity index (χ3n) is 4.72. The van der Waals surface area contributed by atoms with Crippen LogP contribution in [0.15, 0.2) is 30.3 Å². The molecule has 2 aliphatic rings. The number of carbonyl (C=O) groups is 2. The third-order valence-corrected chi connectivity index (χ3v) is 4.72. The SMILES string of the molecule is O=C(NC1CC12CCN(C(=O)O)CC2)OCc1ccccc1. The summed E-state index contributed by atoms with van der Waals surface area (Å²) >= 11 is 0. The minimum absolute atomic E-state index is 0.0811. The van der Waals surface area contributed by atoms with Gasteiger partial charge in [-0.05, 0) is 30.2 Å². The summed E-state index contributed by atoms with van der Waals surface area (Å²) in [4.78, 5) is 24.2. The fraction of sp³-hybridized carbons (Fsp3) is 0.500. The number of hydrogen-bond acceptors (Lipinski definition) is 3. The van der Waals surface area contributed by atoms with Crippen LogP contribution in [0.2, 0.25) is 0 Å². The van der Waals surface area contributed by atoms with Gasteiger partial charge in [-0.25, -0.2) is 9.59 Å². The highest BCUT2D eigenvalue weighted by Crippen LogP contribution is 2.53. The predicted octanol–water partition coefficient (Wildman–Crippen LogP) is 2.45. The second-order valence-corrected chi connectivity index (χ2v) is 6.09. The number of amides is 2. The smallest absolute Gasteiger partial charge is 0.407 e. The minimum Gasteiger partial charge on any atom is -0.465 e. The first-order chi connectivity index (χ1) is 10.6. The van der Waals surface area contributed by atoms with E-state index < -0.39 is 12.2 Å². The van der Waals surface area contributed by atoms with E-state index in [4.69, 9.17) is 9.84 Å². The van der Waals surface area contributed by atoms with E-state index in [1.54, 1.807) is 0 Å². The van der Waals surface area contributed by atoms with Gasteiger partial charge in [-0.2, -0.15) is 0 Å². The van der Waals surface area contributed by atoms with Gasteiger partial charge in [0.2, 0.25) is 0 Å². The summed E-state index contributed by atoms with van der Waals surface area (Å²) in [5.41, 5.74) is 1.04. The summed E-state index contributed by atoms with van der Waals surface area (Å²) in [6.07, 6.45) is 1.28. The Morgan fingerprint density at radius 2 is 1.95 bits per heavy atom. The van der Waals surface area contributed by atoms with Crippen LogP contribution in [-0.4, -0.2) is 41.3 Å². The molecule has 0 aromatic heterocycles. The van der Waals surface area contributed by atoms with Crippen LogP contribution in [0.5, 0.6) is 0 Å². The molecule has 1 saturated carbocycles. The standard InChI is InChI=1S/C16H20N2O4/c19-14(22-11-12-4-2-1-3-5-12)17-13-10-16(13)6-8-18(9-7-16)15(20)21/h1-5,13H,6-11H2,(H,17,19)(H,20,21). The van der Waals surface area contributed by atoms with Gasteiger partial charge in [0.1, 0.15) is 6.61 Å². The summed E-state index contributed by atoms with van der Waals surface area (Å²) in [5, 5.41) is 11.9. The first kappa shape index (κ1) is 14.7. The molecular weight excluding hydrogens is 284 g/mol. The average molecular weight is 304 g/mol. The van der Waals surface area contributed by atoms with Crippen molar-refractivity contribution < 1.29 is 19.4 Å². The zero-order valence-electron chi connectivity index (χ0n) is 12.3. The Hall–Kier alpha value is -2.24. The first-order valence-corrected chi connectivity index (χ1v) is 7.54. The summed E-state index contributed by atoms with van der Waals surface area (Å²) < 4.78 is 5.22. The van der Waals surface area contributed by atoms with Gasteiger partial charge >= 0.3 is 12.2 Å². The maximum absolute atomic E-state index is 11.8. The number of piperidine rings is 1. The van der Waals surface area contributed by atoms with Gasteiger partial charge in [-0.3, -0.25) is 0 Å². The topological polar surface area (TPSA) is 78.9 Å². The predicted molar refractivity (Wildman–Crippen MR) is 79.4 cm³/mol. The molecule has 2 N–H and O–H groups in total. The minimum atomic E-state index is -0.859. The van der Waals surface area contributed by atoms with E-state index in [0.29, 0.717) is 13.1 Å². The molecule has 1 unspecified atom stereocenters. The number of carboxylic acid groups (broad SMARTS) is 1. The number of rotatable bonds is 3. The number of nitrogens with one attached hydrogen (secondary N) is 1. The van der Waals surface area contributed by atoms with Crippen molar-refractivity contribution in [3.8, 4) is 0 Å². The van der Waals surface area contributed by atoms with E-state index in [0.717, 1.165) is 24.8 Å². The molecule has 1 heterocycles. The molecule has 6 heteroatoms. The van der Waals surface area contributed by atoms with E-state index >= 15 is 0 Å². The molecule has 118 valence electrons. The van der Waals surface area contributed by atoms with Crippen molar-refractivity contribution >= 4 is 12.2 Å². The van der Waals surface area contributed by atoms with Crippen LogP contribution < -0.4 is 5.32 Å². The van der Waals surface area contributed by atoms with Gasteiger partial charge in [-0.1, -0.05) is 30.3 Å². The zero-order chi connectivity index (χ0) is 15.6. The van der Waals surface area contributed by atoms with E-state index in [9.17, 15) is 9.59 Å². The normalized spacial score (nSPS) is 22.2. The highest BCUT2D eigenvalue weighted by Gasteiger charge is 2.56. The van der Waals surface area contributed by atoms with Gasteiger partial charge in [0, 0.05) is 19.1 Å². The van der Waals surface area contributed by atoms with Crippen molar-refractivity contribution in [3.05, 3.63) is 35.9 Å². The van der Waals surface area contributed by atoms with Crippen LogP contribution in [0.1, 0.15) is 24.8 Å². The number of nitrogens with zero attached hydrogens (tertiary/aromatic N) is 1. The molecule has 0 radical (unpaired) electrons. The van der Waals surface area contributed by atoms with Gasteiger partial charge in [0.05, 0.1) is 0 Å². The number of hydrogen-bond donors (Lipinski definition) is 2. The molecule has 2 amide bonds. The van der Waals surface area contributed by atoms with Gasteiger partial charge in [0.25, 0.3) is 0 Å². The van der Waals surface area contributed by atoms with E-state index in [-0.39, 0.29) is 18.1 Å². The van der Waals surface area contributed by atoms with Gasteiger partial charge in [0.15, 0.2) is 0 Å². The largest absolute Gasteiger partial charge is 0.465 e. The molecule has 1 aliphatic heterocycles. The summed E-state index contributed by atoms with van der Waals surface area (Å²) in [6.45, 7) is 1.36. The molecule has 3 rings (SSSR count). The lowest BCUT2D eigenvalue weighted by Gasteiger charge is -2.30. The fourth-order valence-electron chi connectivity index (χ4n) is 3.15. The number of benzene rings is 1. The van der Waals surface area contributed by atoms with Crippen LogP contribution in [0.4, 0.5) is 9.59 Å². The molecule has 1 aliphatic carbocycles. The number of likely N-dealkylation sites (tertiary alicyclic amines) is 1. The molecule has 1 spiro atoms. The lowest BCUT2D eigenvalue weighted by atomic mass is 9.93. The summed E-state index contributed by atoms with van der Waals surface area (Å²) in [5.74, 6) is 0. The second-order valence-electron chi connectivity index (χ2n) is 6.09. The molecule has 1 aromatic rings. The lowest BCUT2D eigenvalue weighted by Crippen LogP contribution is -2.41. The molecular formula is C16H20N2O4. The Morgan fingerprint density at radius 3 is 2.59 bits per heavy atom. The van der Waals surface area contributed by atoms with E-state index in [1.165, 1.54) is 4.90 Å². The van der Waals surface area contributed by atoms with E-state index in [2.05, 4.69) is 5.32 Å². The molecule has 1 aromatic carbocycles. The zero-order valence-corrected chi connectivity index (χ0v) is 12.3. The van der Waals surface area contributed by atoms with Crippen molar-refractivity contribution in [1.29, 1.82) is 0 Å². The van der Waals surface area contributed by atoms with Crippen LogP contribution in [0.3, 0.4) is 0 Å². The Morgan fingerprint density at radius 1 is 1.27 bits per heavy atom. The van der Waals surface area contributed by atoms with Gasteiger partial charge < -0.3 is 20.1 Å². The van der Waals surface area contributed by atoms with Crippen molar-refractivity contribution in [2.45, 2.75) is 31.9 Å². The van der Waals surface area contributed by atoms with Crippen LogP contribution in [-0.2, 0) is 11.3 Å². The monoisotopic (exact) mass is 304 g/mol. The van der Waals surface area contributed by atoms with Crippen molar-refractivity contribution in [3.63, 3.8) is 0 Å². The van der Waals surface area contributed by atoms with Gasteiger partial charge in [-0.15, -0.1) is 0 Å². The molecule has 1 saturated heterocycles. The van der Waals surface area contributed by atoms with Crippen molar-refractivity contribution in [2.75, 3.05) is 13.1 Å². The highest BCUT2D eigenvalue weighted by atomic mass is 16.5. The highest BCUT2D eigenvalue weighted by molar-refractivity contribution is 5.68. The molecule has 0 bridgehead atoms. The number of carbonyl (C=O) groups excluding carboxylic acids is 1. The Labute approximate surface area is 129 Å². The molecule has 1 atom stereocenters. The third kappa shape index (κ3) is 3.16. The average Bonchev–Trinajstić information content (AvgIpc) is 3.18. The summed E-state index contributed by atoms with van der Waals surface area (Å²) in [6, 6.07) is 9.67. The number of ether oxygens (including phenoxy) is 1. The fourth-order valence-corrected chi connectivity index (χ4v) is 3.15. The molecule has 6 nitrogen and oxygen atoms in total. The Kier molecular flexibility index (Phi) is 3.92. The maximum atomic E-state index is 11.8. The van der Waals surface area contributed by atoms with Crippen LogP contribution in [0, 0.1) is 5.41 Å². The second kappa shape index (κ2) is 5.87. The quantitative estimate of drug-likeness (QED) is 0.899. The van der Waals surface area contributed by atoms with E-state index in [1.807, 2.05) is 30.3 Å². The van der Waals surface area contributed by atoms with Crippen molar-refractivity contribution in [2.24, 2.45) is 5.41 Å². The van der Waals surface area contributed by atoms with Crippen LogP contribution in [0.25, 0.3) is 0 Å². The Bertz CT molecular complexity index is 553.